The molecule has 148 valence electrons. The van der Waals surface area contributed by atoms with Crippen molar-refractivity contribution in [3.8, 4) is 0 Å². The predicted octanol–water partition coefficient (Wildman–Crippen LogP) is 2.29. The predicted molar refractivity (Wildman–Crippen MR) is 110 cm³/mol. The summed E-state index contributed by atoms with van der Waals surface area (Å²) in [5, 5.41) is 14.5. The number of carbonyl (C=O) groups is 3. The van der Waals surface area contributed by atoms with Crippen LogP contribution in [0.15, 0.2) is 48.5 Å². The van der Waals surface area contributed by atoms with Crippen molar-refractivity contribution in [2.45, 2.75) is 31.8 Å². The van der Waals surface area contributed by atoms with Gasteiger partial charge in [0, 0.05) is 23.3 Å². The van der Waals surface area contributed by atoms with Crippen LogP contribution in [0.25, 0.3) is 0 Å². The Kier molecular flexibility index (Phi) is 7.91. The van der Waals surface area contributed by atoms with Crippen LogP contribution in [0.5, 0.6) is 0 Å². The zero-order chi connectivity index (χ0) is 20.7. The second-order valence-electron chi connectivity index (χ2n) is 6.32. The Morgan fingerprint density at radius 1 is 1.00 bits per heavy atom. The first-order valence-electron chi connectivity index (χ1n) is 8.53. The maximum atomic E-state index is 13.1. The summed E-state index contributed by atoms with van der Waals surface area (Å²) in [5.41, 5.74) is 1.41. The number of halogens is 2. The maximum absolute atomic E-state index is 13.1. The van der Waals surface area contributed by atoms with Crippen molar-refractivity contribution in [1.29, 1.82) is 0 Å². The van der Waals surface area contributed by atoms with Crippen molar-refractivity contribution in [2.24, 2.45) is 0 Å². The second kappa shape index (κ2) is 10.2. The number of hydrogen-bond donors (Lipinski definition) is 3. The minimum Gasteiger partial charge on any atom is -0.480 e. The summed E-state index contributed by atoms with van der Waals surface area (Å²) >= 11 is 2.12. The van der Waals surface area contributed by atoms with E-state index in [1.165, 1.54) is 31.2 Å². The molecule has 0 unspecified atom stereocenters. The van der Waals surface area contributed by atoms with Gasteiger partial charge in [0.15, 0.2) is 0 Å². The summed E-state index contributed by atoms with van der Waals surface area (Å²) in [5.74, 6) is -2.62. The van der Waals surface area contributed by atoms with Gasteiger partial charge in [-0.1, -0.05) is 24.3 Å². The van der Waals surface area contributed by atoms with E-state index in [2.05, 4.69) is 33.2 Å². The minimum absolute atomic E-state index is 0.112. The lowest BCUT2D eigenvalue weighted by Crippen LogP contribution is -2.52. The van der Waals surface area contributed by atoms with Crippen LogP contribution >= 0.6 is 22.6 Å². The van der Waals surface area contributed by atoms with E-state index in [-0.39, 0.29) is 12.8 Å². The van der Waals surface area contributed by atoms with Crippen molar-refractivity contribution < 1.29 is 23.9 Å². The van der Waals surface area contributed by atoms with Crippen LogP contribution in [0.2, 0.25) is 0 Å². The van der Waals surface area contributed by atoms with E-state index in [4.69, 9.17) is 0 Å². The molecule has 2 aromatic carbocycles. The molecule has 0 spiro atoms. The molecule has 0 saturated carbocycles. The fourth-order valence-corrected chi connectivity index (χ4v) is 3.29. The van der Waals surface area contributed by atoms with Gasteiger partial charge in [0.1, 0.15) is 17.9 Å². The van der Waals surface area contributed by atoms with Crippen LogP contribution in [0.3, 0.4) is 0 Å². The van der Waals surface area contributed by atoms with Crippen molar-refractivity contribution in [3.63, 3.8) is 0 Å². The molecule has 0 radical (unpaired) electrons. The average Bonchev–Trinajstić information content (AvgIpc) is 2.62. The van der Waals surface area contributed by atoms with Crippen molar-refractivity contribution >= 4 is 40.4 Å². The van der Waals surface area contributed by atoms with Gasteiger partial charge in [0.2, 0.25) is 11.8 Å². The molecule has 0 aliphatic carbocycles. The molecular formula is C20H20FIN2O4. The highest BCUT2D eigenvalue weighted by molar-refractivity contribution is 14.1. The monoisotopic (exact) mass is 498 g/mol. The quantitative estimate of drug-likeness (QED) is 0.487. The number of nitrogens with one attached hydrogen (secondary N) is 2. The van der Waals surface area contributed by atoms with E-state index in [0.717, 1.165) is 9.13 Å². The number of carboxylic acid groups (broad SMARTS) is 1. The first-order chi connectivity index (χ1) is 13.2. The third-order valence-electron chi connectivity index (χ3n) is 3.99. The third-order valence-corrected chi connectivity index (χ3v) is 4.66. The van der Waals surface area contributed by atoms with Crippen LogP contribution in [0.4, 0.5) is 4.39 Å². The summed E-state index contributed by atoms with van der Waals surface area (Å²) in [6.07, 6.45) is 0.225. The number of carbonyl (C=O) groups excluding carboxylic acids is 2. The maximum Gasteiger partial charge on any atom is 0.326 e. The Labute approximate surface area is 175 Å². The van der Waals surface area contributed by atoms with Gasteiger partial charge in [-0.2, -0.15) is 0 Å². The topological polar surface area (TPSA) is 95.5 Å². The molecule has 6 nitrogen and oxygen atoms in total. The highest BCUT2D eigenvalue weighted by atomic mass is 127. The first kappa shape index (κ1) is 21.8. The fraction of sp³-hybridized carbons (Fsp3) is 0.250. The number of hydrogen-bond acceptors (Lipinski definition) is 3. The summed E-state index contributed by atoms with van der Waals surface area (Å²) in [7, 11) is 0. The Hall–Kier alpha value is -2.49. The van der Waals surface area contributed by atoms with Crippen LogP contribution in [-0.2, 0) is 27.2 Å². The molecule has 0 saturated heterocycles. The second-order valence-corrected chi connectivity index (χ2v) is 7.56. The zero-order valence-corrected chi connectivity index (χ0v) is 17.3. The summed E-state index contributed by atoms with van der Waals surface area (Å²) in [6.45, 7) is 1.27. The minimum atomic E-state index is -1.17. The Morgan fingerprint density at radius 3 is 2.21 bits per heavy atom. The molecule has 0 aromatic heterocycles. The van der Waals surface area contributed by atoms with Gasteiger partial charge in [-0.05, 0) is 58.0 Å². The fourth-order valence-electron chi connectivity index (χ4n) is 2.68. The molecule has 0 aliphatic heterocycles. The van der Waals surface area contributed by atoms with E-state index < -0.39 is 35.7 Å². The van der Waals surface area contributed by atoms with Gasteiger partial charge < -0.3 is 15.7 Å². The lowest BCUT2D eigenvalue weighted by atomic mass is 10.0. The largest absolute Gasteiger partial charge is 0.480 e. The number of benzene rings is 2. The summed E-state index contributed by atoms with van der Waals surface area (Å²) in [6, 6.07) is 10.7. The van der Waals surface area contributed by atoms with Crippen molar-refractivity contribution in [1.82, 2.24) is 10.6 Å². The molecule has 0 aliphatic rings. The number of rotatable bonds is 8. The first-order valence-corrected chi connectivity index (χ1v) is 9.61. The molecule has 3 N–H and O–H groups in total. The van der Waals surface area contributed by atoms with Crippen LogP contribution < -0.4 is 10.6 Å². The third kappa shape index (κ3) is 6.91. The number of amides is 2. The Balaban J connectivity index is 2.12. The molecule has 0 heterocycles. The van der Waals surface area contributed by atoms with Crippen LogP contribution in [0, 0.1) is 9.39 Å². The van der Waals surface area contributed by atoms with Crippen LogP contribution in [0.1, 0.15) is 18.1 Å². The standard InChI is InChI=1S/C20H20FIN2O4/c1-12(25)23-17(10-13-5-7-15(21)8-6-13)19(26)24-18(20(27)28)11-14-3-2-4-16(22)9-14/h2-9,17-18H,10-11H2,1H3,(H,23,25)(H,24,26)(H,27,28)/t17-,18-/m0/s1. The van der Waals surface area contributed by atoms with E-state index in [0.29, 0.717) is 5.56 Å². The SMILES string of the molecule is CC(=O)N[C@@H](Cc1ccc(F)cc1)C(=O)N[C@@H](Cc1cccc(I)c1)C(=O)O. The molecule has 0 bridgehead atoms. The van der Waals surface area contributed by atoms with E-state index in [1.807, 2.05) is 18.2 Å². The average molecular weight is 498 g/mol. The normalized spacial score (nSPS) is 12.7. The lowest BCUT2D eigenvalue weighted by Gasteiger charge is -2.21. The molecule has 8 heteroatoms. The van der Waals surface area contributed by atoms with E-state index in [1.54, 1.807) is 6.07 Å². The van der Waals surface area contributed by atoms with E-state index in [9.17, 15) is 23.9 Å². The summed E-state index contributed by atoms with van der Waals surface area (Å²) in [4.78, 5) is 35.8. The van der Waals surface area contributed by atoms with Crippen molar-refractivity contribution in [3.05, 3.63) is 69.0 Å². The highest BCUT2D eigenvalue weighted by Gasteiger charge is 2.26. The number of aliphatic carboxylic acids is 1. The van der Waals surface area contributed by atoms with Gasteiger partial charge in [-0.3, -0.25) is 9.59 Å². The molecule has 2 amide bonds. The van der Waals surface area contributed by atoms with Gasteiger partial charge in [0.05, 0.1) is 0 Å². The zero-order valence-electron chi connectivity index (χ0n) is 15.1. The molecule has 0 fully saturated rings. The summed E-state index contributed by atoms with van der Waals surface area (Å²) < 4.78 is 14.0. The molecule has 2 rings (SSSR count). The van der Waals surface area contributed by atoms with Gasteiger partial charge in [0.25, 0.3) is 0 Å². The Bertz CT molecular complexity index is 858. The smallest absolute Gasteiger partial charge is 0.326 e. The van der Waals surface area contributed by atoms with Crippen LogP contribution in [-0.4, -0.2) is 35.0 Å². The van der Waals surface area contributed by atoms with E-state index >= 15 is 0 Å². The van der Waals surface area contributed by atoms with Gasteiger partial charge >= 0.3 is 5.97 Å². The highest BCUT2D eigenvalue weighted by Crippen LogP contribution is 2.11. The molecule has 2 aromatic rings. The lowest BCUT2D eigenvalue weighted by molar-refractivity contribution is -0.142. The number of carboxylic acids is 1. The molecular weight excluding hydrogens is 478 g/mol. The van der Waals surface area contributed by atoms with Gasteiger partial charge in [-0.15, -0.1) is 0 Å². The van der Waals surface area contributed by atoms with Gasteiger partial charge in [-0.25, -0.2) is 9.18 Å². The van der Waals surface area contributed by atoms with Crippen molar-refractivity contribution in [2.75, 3.05) is 0 Å². The Morgan fingerprint density at radius 2 is 1.64 bits per heavy atom. The molecule has 2 atom stereocenters. The molecule has 28 heavy (non-hydrogen) atoms.